The minimum Gasteiger partial charge on any atom is -0.508 e. The number of carbonyl (C=O) groups is 2. The predicted molar refractivity (Wildman–Crippen MR) is 52.1 cm³/mol. The van der Waals surface area contributed by atoms with Crippen molar-refractivity contribution in [3.05, 3.63) is 36.1 Å². The van der Waals surface area contributed by atoms with Crippen LogP contribution in [0.2, 0.25) is 0 Å². The Hall–Kier alpha value is -1.97. The molecular formula is C10H9NO3. The summed E-state index contributed by atoms with van der Waals surface area (Å²) in [6.45, 7) is 0. The Morgan fingerprint density at radius 2 is 2.29 bits per heavy atom. The highest BCUT2D eigenvalue weighted by Crippen LogP contribution is 2.05. The molecular weight excluding hydrogens is 182 g/mol. The molecule has 0 saturated heterocycles. The number of amides is 1. The topological polar surface area (TPSA) is 66.7 Å². The maximum absolute atomic E-state index is 11.0. The number of hydrogen-bond acceptors (Lipinski definition) is 3. The van der Waals surface area contributed by atoms with E-state index in [1.165, 1.54) is 6.08 Å². The summed E-state index contributed by atoms with van der Waals surface area (Å²) < 4.78 is 0. The first-order chi connectivity index (χ1) is 6.72. The number of aliphatic hydroxyl groups excluding tert-OH is 1. The van der Waals surface area contributed by atoms with E-state index in [4.69, 9.17) is 5.11 Å². The third-order valence-electron chi connectivity index (χ3n) is 1.54. The van der Waals surface area contributed by atoms with Crippen LogP contribution in [-0.2, 0) is 9.59 Å². The van der Waals surface area contributed by atoms with Gasteiger partial charge in [-0.05, 0) is 24.3 Å². The van der Waals surface area contributed by atoms with Crippen LogP contribution in [0.4, 0.5) is 0 Å². The van der Waals surface area contributed by atoms with E-state index < -0.39 is 5.91 Å². The quantitative estimate of drug-likeness (QED) is 0.525. The van der Waals surface area contributed by atoms with Crippen LogP contribution in [0.25, 0.3) is 0 Å². The van der Waals surface area contributed by atoms with Gasteiger partial charge in [0.05, 0.1) is 0 Å². The average molecular weight is 191 g/mol. The van der Waals surface area contributed by atoms with E-state index in [1.54, 1.807) is 12.2 Å². The van der Waals surface area contributed by atoms with Gasteiger partial charge in [0, 0.05) is 18.2 Å². The molecule has 0 fully saturated rings. The Morgan fingerprint density at radius 3 is 2.86 bits per heavy atom. The second-order valence-electron chi connectivity index (χ2n) is 2.60. The summed E-state index contributed by atoms with van der Waals surface area (Å²) in [7, 11) is 0. The summed E-state index contributed by atoms with van der Waals surface area (Å²) >= 11 is 0. The van der Waals surface area contributed by atoms with Crippen molar-refractivity contribution in [1.29, 1.82) is 0 Å². The number of aldehydes is 1. The highest BCUT2D eigenvalue weighted by Gasteiger charge is 2.01. The van der Waals surface area contributed by atoms with Crippen LogP contribution in [0.15, 0.2) is 41.1 Å². The molecule has 72 valence electrons. The second-order valence-corrected chi connectivity index (χ2v) is 2.60. The lowest BCUT2D eigenvalue weighted by Gasteiger charge is -2.01. The number of aliphatic imine (C=N–C) groups is 1. The van der Waals surface area contributed by atoms with Crippen molar-refractivity contribution >= 4 is 17.9 Å². The molecule has 0 aliphatic heterocycles. The molecule has 1 N–H and O–H groups in total. The monoisotopic (exact) mass is 191 g/mol. The number of carbonyl (C=O) groups excluding carboxylic acids is 2. The minimum absolute atomic E-state index is 0.167. The number of hydrogen-bond donors (Lipinski definition) is 1. The van der Waals surface area contributed by atoms with Crippen LogP contribution < -0.4 is 0 Å². The average Bonchev–Trinajstić information content (AvgIpc) is 2.18. The molecule has 0 spiro atoms. The van der Waals surface area contributed by atoms with Gasteiger partial charge in [0.15, 0.2) is 0 Å². The molecule has 1 rings (SSSR count). The van der Waals surface area contributed by atoms with Crippen LogP contribution in [0.1, 0.15) is 6.42 Å². The summed E-state index contributed by atoms with van der Waals surface area (Å²) in [5, 5.41) is 8.98. The summed E-state index contributed by atoms with van der Waals surface area (Å²) in [4.78, 5) is 24.6. The molecule has 0 radical (unpaired) electrons. The van der Waals surface area contributed by atoms with Crippen molar-refractivity contribution in [2.75, 3.05) is 0 Å². The molecule has 0 aromatic rings. The fraction of sp³-hybridized carbons (Fsp3) is 0.100. The van der Waals surface area contributed by atoms with Gasteiger partial charge in [0.25, 0.3) is 5.91 Å². The van der Waals surface area contributed by atoms with Crippen LogP contribution >= 0.6 is 0 Å². The smallest absolute Gasteiger partial charge is 0.270 e. The molecule has 4 heteroatoms. The van der Waals surface area contributed by atoms with Crippen LogP contribution in [0, 0.1) is 0 Å². The Kier molecular flexibility index (Phi) is 3.55. The molecule has 14 heavy (non-hydrogen) atoms. The van der Waals surface area contributed by atoms with Crippen molar-refractivity contribution in [1.82, 2.24) is 0 Å². The van der Waals surface area contributed by atoms with Gasteiger partial charge in [0.2, 0.25) is 0 Å². The van der Waals surface area contributed by atoms with E-state index in [2.05, 4.69) is 4.99 Å². The van der Waals surface area contributed by atoms with Gasteiger partial charge in [-0.2, -0.15) is 0 Å². The third-order valence-corrected chi connectivity index (χ3v) is 1.54. The van der Waals surface area contributed by atoms with Crippen molar-refractivity contribution < 1.29 is 14.7 Å². The van der Waals surface area contributed by atoms with Gasteiger partial charge < -0.3 is 5.11 Å². The van der Waals surface area contributed by atoms with Gasteiger partial charge in [-0.25, -0.2) is 4.99 Å². The molecule has 0 aromatic heterocycles. The number of allylic oxidation sites excluding steroid dienone is 4. The molecule has 0 atom stereocenters. The van der Waals surface area contributed by atoms with Crippen molar-refractivity contribution in [2.45, 2.75) is 6.42 Å². The zero-order valence-corrected chi connectivity index (χ0v) is 7.38. The first-order valence-corrected chi connectivity index (χ1v) is 4.03. The summed E-state index contributed by atoms with van der Waals surface area (Å²) in [5.74, 6) is -0.314. The maximum Gasteiger partial charge on any atom is 0.270 e. The number of rotatable bonds is 2. The Bertz CT molecular complexity index is 362. The van der Waals surface area contributed by atoms with Gasteiger partial charge in [-0.3, -0.25) is 9.59 Å². The number of nitrogens with zero attached hydrogens (tertiary/aromatic N) is 1. The largest absolute Gasteiger partial charge is 0.508 e. The fourth-order valence-electron chi connectivity index (χ4n) is 0.910. The maximum atomic E-state index is 11.0. The lowest BCUT2D eigenvalue weighted by molar-refractivity contribution is -0.113. The number of aliphatic hydroxyl groups is 1. The summed E-state index contributed by atoms with van der Waals surface area (Å²) in [6.07, 6.45) is 7.68. The van der Waals surface area contributed by atoms with Crippen molar-refractivity contribution in [3.8, 4) is 0 Å². The van der Waals surface area contributed by atoms with E-state index in [0.717, 1.165) is 12.2 Å². The summed E-state index contributed by atoms with van der Waals surface area (Å²) in [6, 6.07) is 0. The zero-order chi connectivity index (χ0) is 10.4. The second kappa shape index (κ2) is 4.91. The van der Waals surface area contributed by atoms with Crippen molar-refractivity contribution in [3.63, 3.8) is 0 Å². The Morgan fingerprint density at radius 1 is 1.50 bits per heavy atom. The van der Waals surface area contributed by atoms with E-state index in [-0.39, 0.29) is 5.76 Å². The predicted octanol–water partition coefficient (Wildman–Crippen LogP) is 1.11. The van der Waals surface area contributed by atoms with E-state index in [0.29, 0.717) is 18.4 Å². The lowest BCUT2D eigenvalue weighted by atomic mass is 10.1. The summed E-state index contributed by atoms with van der Waals surface area (Å²) in [5.41, 5.74) is 0.559. The van der Waals surface area contributed by atoms with Crippen LogP contribution in [0.5, 0.6) is 0 Å². The molecule has 0 unspecified atom stereocenters. The molecule has 1 amide bonds. The molecule has 1 aliphatic rings. The third kappa shape index (κ3) is 3.18. The first kappa shape index (κ1) is 10.1. The van der Waals surface area contributed by atoms with E-state index in [9.17, 15) is 9.59 Å². The molecule has 0 bridgehead atoms. The normalized spacial score (nSPS) is 18.6. The van der Waals surface area contributed by atoms with Crippen LogP contribution in [-0.4, -0.2) is 23.0 Å². The standard InChI is InChI=1S/C10H9NO3/c12-7-1-2-10(14)11-8-3-5-9(13)6-4-8/h1-3,5-7,13H,4H2/b2-1-,11-8?. The minimum atomic E-state index is -0.480. The van der Waals surface area contributed by atoms with Gasteiger partial charge >= 0.3 is 0 Å². The molecule has 0 aromatic carbocycles. The van der Waals surface area contributed by atoms with E-state index >= 15 is 0 Å². The van der Waals surface area contributed by atoms with Crippen molar-refractivity contribution in [2.24, 2.45) is 4.99 Å². The van der Waals surface area contributed by atoms with Gasteiger partial charge in [0.1, 0.15) is 12.0 Å². The van der Waals surface area contributed by atoms with Gasteiger partial charge in [-0.1, -0.05) is 0 Å². The highest BCUT2D eigenvalue weighted by molar-refractivity contribution is 6.07. The molecule has 4 nitrogen and oxygen atoms in total. The highest BCUT2D eigenvalue weighted by atomic mass is 16.3. The Labute approximate surface area is 81.0 Å². The molecule has 1 aliphatic carbocycles. The SMILES string of the molecule is O=C/C=C\C(=O)N=C1C=CC(O)=CC1. The lowest BCUT2D eigenvalue weighted by Crippen LogP contribution is -2.01. The Balaban J connectivity index is 2.63. The van der Waals surface area contributed by atoms with E-state index in [1.807, 2.05) is 0 Å². The molecule has 0 heterocycles. The fourth-order valence-corrected chi connectivity index (χ4v) is 0.910. The van der Waals surface area contributed by atoms with Crippen LogP contribution in [0.3, 0.4) is 0 Å². The molecule has 0 saturated carbocycles. The first-order valence-electron chi connectivity index (χ1n) is 4.03. The zero-order valence-electron chi connectivity index (χ0n) is 7.38. The van der Waals surface area contributed by atoms with Gasteiger partial charge in [-0.15, -0.1) is 0 Å².